The van der Waals surface area contributed by atoms with Crippen molar-refractivity contribution >= 4 is 28.7 Å². The van der Waals surface area contributed by atoms with Crippen LogP contribution in [0.2, 0.25) is 5.02 Å². The summed E-state index contributed by atoms with van der Waals surface area (Å²) in [7, 11) is 0. The van der Waals surface area contributed by atoms with Gasteiger partial charge < -0.3 is 9.47 Å². The Labute approximate surface area is 232 Å². The second-order valence-corrected chi connectivity index (χ2v) is 11.3. The van der Waals surface area contributed by atoms with E-state index >= 15 is 0 Å². The third-order valence-corrected chi connectivity index (χ3v) is 8.40. The molecule has 0 bridgehead atoms. The van der Waals surface area contributed by atoms with Gasteiger partial charge in [-0.25, -0.2) is 14.8 Å². The fourth-order valence-electron chi connectivity index (χ4n) is 6.08. The fourth-order valence-corrected chi connectivity index (χ4v) is 6.25. The van der Waals surface area contributed by atoms with Gasteiger partial charge in [0.1, 0.15) is 17.3 Å². The Morgan fingerprint density at radius 2 is 1.90 bits per heavy atom. The molecule has 1 saturated carbocycles. The number of H-pyrrole nitrogens is 1. The molecule has 0 aromatic carbocycles. The Morgan fingerprint density at radius 1 is 1.12 bits per heavy atom. The molecule has 0 amide bonds. The minimum absolute atomic E-state index is 0.00972. The van der Waals surface area contributed by atoms with Crippen LogP contribution in [0.1, 0.15) is 58.4 Å². The summed E-state index contributed by atoms with van der Waals surface area (Å²) < 4.78 is 49.1. The summed E-state index contributed by atoms with van der Waals surface area (Å²) in [4.78, 5) is 33.6. The Kier molecular flexibility index (Phi) is 6.79. The van der Waals surface area contributed by atoms with E-state index in [-0.39, 0.29) is 48.2 Å². The lowest BCUT2D eigenvalue weighted by Crippen LogP contribution is -2.43. The van der Waals surface area contributed by atoms with E-state index in [4.69, 9.17) is 21.6 Å². The molecule has 2 aliphatic rings. The number of nitrogens with zero attached hydrogens (tertiary/aromatic N) is 7. The maximum Gasteiger partial charge on any atom is 0.439 e. The number of pyridine rings is 1. The number of anilines is 1. The van der Waals surface area contributed by atoms with Gasteiger partial charge in [0.05, 0.1) is 5.02 Å². The lowest BCUT2D eigenvalue weighted by atomic mass is 9.79. The summed E-state index contributed by atoms with van der Waals surface area (Å²) in [5.41, 5.74) is 1.56. The zero-order valence-electron chi connectivity index (χ0n) is 22.0. The minimum Gasteiger partial charge on any atom is -0.330 e. The Hall–Kier alpha value is -3.48. The predicted molar refractivity (Wildman–Crippen MR) is 142 cm³/mol. The number of fused-ring (bicyclic) bond motifs is 1. The maximum atomic E-state index is 14.2. The van der Waals surface area contributed by atoms with Crippen molar-refractivity contribution in [2.75, 3.05) is 11.4 Å². The van der Waals surface area contributed by atoms with Crippen LogP contribution in [0, 0.1) is 11.8 Å². The van der Waals surface area contributed by atoms with Crippen LogP contribution in [0.25, 0.3) is 34.1 Å². The van der Waals surface area contributed by atoms with Crippen LogP contribution in [-0.2, 0) is 0 Å². The minimum atomic E-state index is -4.42. The fraction of sp³-hybridized carbons (Fsp3) is 0.538. The predicted octanol–water partition coefficient (Wildman–Crippen LogP) is 5.80. The van der Waals surface area contributed by atoms with Gasteiger partial charge in [0, 0.05) is 30.5 Å². The molecular weight excluding hydrogens is 549 g/mol. The molecule has 1 aliphatic heterocycles. The second kappa shape index (κ2) is 10.2. The molecule has 4 aromatic heterocycles. The van der Waals surface area contributed by atoms with Gasteiger partial charge >= 0.3 is 11.9 Å². The maximum absolute atomic E-state index is 14.2. The van der Waals surface area contributed by atoms with Crippen molar-refractivity contribution in [1.82, 2.24) is 34.6 Å². The molecule has 1 aliphatic carbocycles. The van der Waals surface area contributed by atoms with E-state index < -0.39 is 18.0 Å². The molecular formula is C26H28ClF3N8O2. The number of aromatic nitrogens is 7. The van der Waals surface area contributed by atoms with Crippen molar-refractivity contribution in [3.8, 4) is 22.9 Å². The number of aromatic amines is 1. The van der Waals surface area contributed by atoms with Crippen LogP contribution >= 0.6 is 11.6 Å². The summed E-state index contributed by atoms with van der Waals surface area (Å²) in [5, 5.41) is 4.07. The Balaban J connectivity index is 1.62. The van der Waals surface area contributed by atoms with E-state index in [2.05, 4.69) is 31.6 Å². The molecule has 40 heavy (non-hydrogen) atoms. The summed E-state index contributed by atoms with van der Waals surface area (Å²) >= 11 is 6.29. The Bertz CT molecular complexity index is 1590. The largest absolute Gasteiger partial charge is 0.439 e. The van der Waals surface area contributed by atoms with Crippen molar-refractivity contribution in [2.24, 2.45) is 11.8 Å². The molecule has 2 fully saturated rings. The highest BCUT2D eigenvalue weighted by atomic mass is 35.5. The van der Waals surface area contributed by atoms with Gasteiger partial charge in [0.25, 0.3) is 0 Å². The van der Waals surface area contributed by atoms with Crippen molar-refractivity contribution in [1.29, 1.82) is 0 Å². The van der Waals surface area contributed by atoms with Gasteiger partial charge in [-0.2, -0.15) is 18.2 Å². The third-order valence-electron chi connectivity index (χ3n) is 8.20. The molecule has 1 N–H and O–H groups in total. The number of nitrogens with one attached hydrogen (secondary N) is 1. The number of halogens is 4. The van der Waals surface area contributed by atoms with Crippen LogP contribution in [0.4, 0.5) is 19.1 Å². The van der Waals surface area contributed by atoms with Gasteiger partial charge in [-0.05, 0) is 50.5 Å². The van der Waals surface area contributed by atoms with Crippen LogP contribution in [0.3, 0.4) is 0 Å². The normalized spacial score (nSPS) is 22.8. The molecule has 6 rings (SSSR count). The summed E-state index contributed by atoms with van der Waals surface area (Å²) in [5.74, 6) is 0.245. The van der Waals surface area contributed by atoms with Gasteiger partial charge in [-0.3, -0.25) is 14.5 Å². The van der Waals surface area contributed by atoms with Crippen molar-refractivity contribution in [2.45, 2.75) is 70.6 Å². The average molecular weight is 577 g/mol. The van der Waals surface area contributed by atoms with Crippen molar-refractivity contribution in [3.63, 3.8) is 0 Å². The SMILES string of the molecule is CC1CCC(C(C)n2c(N3CCC[C@H]3C(F)(F)F)nc3nc(-c4noc(=O)[nH]4)nc(-c4cncc(Cl)c4)c32)CC1. The lowest BCUT2D eigenvalue weighted by molar-refractivity contribution is -0.146. The average Bonchev–Trinajstić information content (AvgIpc) is 3.66. The van der Waals surface area contributed by atoms with E-state index in [1.54, 1.807) is 12.3 Å². The number of rotatable bonds is 5. The topological polar surface area (TPSA) is 119 Å². The highest BCUT2D eigenvalue weighted by Gasteiger charge is 2.48. The third kappa shape index (κ3) is 4.84. The highest BCUT2D eigenvalue weighted by Crippen LogP contribution is 2.44. The molecule has 14 heteroatoms. The zero-order chi connectivity index (χ0) is 28.2. The van der Waals surface area contributed by atoms with Crippen molar-refractivity contribution < 1.29 is 17.7 Å². The first kappa shape index (κ1) is 26.7. The standard InChI is InChI=1S/C26H28ClF3N8O2/c1-13-5-7-15(8-6-13)14(2)38-20-19(16-10-17(27)12-31-11-16)32-22(23-35-25(39)40-36-23)33-21(20)34-24(38)37-9-3-4-18(37)26(28,29)30/h10-15,18H,3-9H2,1-2H3,(H,35,36,39)/t13?,14?,15?,18-/m0/s1. The Morgan fingerprint density at radius 3 is 2.58 bits per heavy atom. The first-order valence-corrected chi connectivity index (χ1v) is 13.8. The van der Waals surface area contributed by atoms with E-state index in [1.807, 2.05) is 11.5 Å². The van der Waals surface area contributed by atoms with Crippen LogP contribution in [0.15, 0.2) is 27.8 Å². The number of hydrogen-bond acceptors (Lipinski definition) is 8. The molecule has 5 heterocycles. The molecule has 0 radical (unpaired) electrons. The van der Waals surface area contributed by atoms with Gasteiger partial charge in [-0.1, -0.05) is 36.5 Å². The molecule has 0 spiro atoms. The van der Waals surface area contributed by atoms with Crippen molar-refractivity contribution in [3.05, 3.63) is 34.0 Å². The van der Waals surface area contributed by atoms with Gasteiger partial charge in [-0.15, -0.1) is 0 Å². The van der Waals surface area contributed by atoms with E-state index in [0.717, 1.165) is 25.7 Å². The summed E-state index contributed by atoms with van der Waals surface area (Å²) in [6.45, 7) is 4.48. The summed E-state index contributed by atoms with van der Waals surface area (Å²) in [6, 6.07) is -0.171. The first-order chi connectivity index (χ1) is 19.1. The number of imidazole rings is 1. The lowest BCUT2D eigenvalue weighted by Gasteiger charge is -2.35. The number of hydrogen-bond donors (Lipinski definition) is 1. The molecule has 1 unspecified atom stereocenters. The first-order valence-electron chi connectivity index (χ1n) is 13.4. The van der Waals surface area contributed by atoms with Crippen LogP contribution in [-0.4, -0.2) is 53.4 Å². The molecule has 212 valence electrons. The number of alkyl halides is 3. The van der Waals surface area contributed by atoms with Crippen LogP contribution in [0.5, 0.6) is 0 Å². The van der Waals surface area contributed by atoms with Gasteiger partial charge in [0.2, 0.25) is 17.6 Å². The second-order valence-electron chi connectivity index (χ2n) is 10.8. The zero-order valence-corrected chi connectivity index (χ0v) is 22.7. The van der Waals surface area contributed by atoms with Crippen LogP contribution < -0.4 is 10.7 Å². The monoisotopic (exact) mass is 576 g/mol. The molecule has 4 aromatic rings. The van der Waals surface area contributed by atoms with E-state index in [9.17, 15) is 18.0 Å². The quantitative estimate of drug-likeness (QED) is 0.316. The summed E-state index contributed by atoms with van der Waals surface area (Å²) in [6.07, 6.45) is 3.03. The molecule has 1 saturated heterocycles. The molecule has 10 nitrogen and oxygen atoms in total. The molecule has 2 atom stereocenters. The van der Waals surface area contributed by atoms with E-state index in [1.165, 1.54) is 11.1 Å². The highest BCUT2D eigenvalue weighted by molar-refractivity contribution is 6.30. The van der Waals surface area contributed by atoms with E-state index in [0.29, 0.717) is 34.1 Å². The van der Waals surface area contributed by atoms with Gasteiger partial charge in [0.15, 0.2) is 5.65 Å². The smallest absolute Gasteiger partial charge is 0.330 e.